The molecule has 1 aromatic carbocycles. The number of nitrogens with two attached hydrogens (primary N) is 1. The smallest absolute Gasteiger partial charge is 0.262 e. The molecule has 0 bridgehead atoms. The van der Waals surface area contributed by atoms with Crippen molar-refractivity contribution in [2.45, 2.75) is 18.9 Å². The average molecular weight is 333 g/mol. The number of imide groups is 1. The Kier molecular flexibility index (Phi) is 5.64. The van der Waals surface area contributed by atoms with E-state index in [2.05, 4.69) is 5.32 Å². The van der Waals surface area contributed by atoms with Gasteiger partial charge in [0.25, 0.3) is 11.8 Å². The maximum absolute atomic E-state index is 12.6. The molecule has 1 atom stereocenters. The maximum atomic E-state index is 12.6. The molecule has 0 fully saturated rings. The molecule has 0 saturated heterocycles. The van der Waals surface area contributed by atoms with Crippen LogP contribution in [0, 0.1) is 0 Å². The molecule has 1 aliphatic heterocycles. The number of carbonyl (C=O) groups excluding carboxylic acids is 4. The Hall–Kier alpha value is -2.74. The van der Waals surface area contributed by atoms with Gasteiger partial charge in [-0.1, -0.05) is 0 Å². The summed E-state index contributed by atoms with van der Waals surface area (Å²) in [5, 5.41) is 2.42. The lowest BCUT2D eigenvalue weighted by molar-refractivity contribution is -0.124. The van der Waals surface area contributed by atoms with Crippen LogP contribution in [0.4, 0.5) is 0 Å². The van der Waals surface area contributed by atoms with Crippen LogP contribution in [0.1, 0.15) is 33.6 Å². The average Bonchev–Trinajstić information content (AvgIpc) is 2.84. The molecule has 1 aromatic rings. The highest BCUT2D eigenvalue weighted by molar-refractivity contribution is 6.23. The van der Waals surface area contributed by atoms with Crippen molar-refractivity contribution in [1.29, 1.82) is 0 Å². The van der Waals surface area contributed by atoms with Crippen LogP contribution in [-0.2, 0) is 9.59 Å². The molecule has 0 saturated carbocycles. The monoisotopic (exact) mass is 333 g/mol. The van der Waals surface area contributed by atoms with Gasteiger partial charge in [0.2, 0.25) is 5.91 Å². The van der Waals surface area contributed by atoms with E-state index < -0.39 is 23.8 Å². The number of amides is 3. The van der Waals surface area contributed by atoms with E-state index in [1.54, 1.807) is 6.07 Å². The van der Waals surface area contributed by atoms with Gasteiger partial charge in [0, 0.05) is 20.0 Å². The van der Waals surface area contributed by atoms with Gasteiger partial charge in [-0.15, -0.1) is 0 Å². The molecule has 3 N–H and O–H groups in total. The maximum Gasteiger partial charge on any atom is 0.262 e. The number of fused-ring (bicyclic) bond motifs is 1. The van der Waals surface area contributed by atoms with Gasteiger partial charge in [-0.2, -0.15) is 0 Å². The van der Waals surface area contributed by atoms with Crippen LogP contribution in [-0.4, -0.2) is 55.1 Å². The fourth-order valence-electron chi connectivity index (χ4n) is 2.56. The number of benzene rings is 1. The molecule has 24 heavy (non-hydrogen) atoms. The molecule has 8 heteroatoms. The van der Waals surface area contributed by atoms with Gasteiger partial charge >= 0.3 is 0 Å². The van der Waals surface area contributed by atoms with Gasteiger partial charge in [-0.3, -0.25) is 19.3 Å². The van der Waals surface area contributed by atoms with Gasteiger partial charge in [-0.05, 0) is 24.6 Å². The quantitative estimate of drug-likeness (QED) is 0.498. The lowest BCUT2D eigenvalue weighted by Gasteiger charge is -2.24. The molecular weight excluding hydrogens is 314 g/mol. The van der Waals surface area contributed by atoms with Crippen LogP contribution >= 0.6 is 0 Å². The molecule has 0 spiro atoms. The Labute approximate surface area is 138 Å². The van der Waals surface area contributed by atoms with E-state index in [0.717, 1.165) is 4.90 Å². The number of aldehydes is 1. The van der Waals surface area contributed by atoms with Crippen molar-refractivity contribution in [3.8, 4) is 5.75 Å². The van der Waals surface area contributed by atoms with Gasteiger partial charge in [0.1, 0.15) is 24.7 Å². The summed E-state index contributed by atoms with van der Waals surface area (Å²) < 4.78 is 5.36. The van der Waals surface area contributed by atoms with E-state index in [1.807, 2.05) is 0 Å². The predicted octanol–water partition coefficient (Wildman–Crippen LogP) is -0.286. The first-order chi connectivity index (χ1) is 11.5. The zero-order chi connectivity index (χ0) is 17.7. The minimum absolute atomic E-state index is 0.0658. The van der Waals surface area contributed by atoms with E-state index >= 15 is 0 Å². The number of ether oxygens (including phenoxy) is 1. The molecule has 3 amide bonds. The van der Waals surface area contributed by atoms with Crippen molar-refractivity contribution in [2.24, 2.45) is 5.73 Å². The van der Waals surface area contributed by atoms with Crippen molar-refractivity contribution in [3.63, 3.8) is 0 Å². The first-order valence-corrected chi connectivity index (χ1v) is 7.55. The molecule has 1 aliphatic rings. The van der Waals surface area contributed by atoms with Crippen molar-refractivity contribution in [3.05, 3.63) is 29.3 Å². The highest BCUT2D eigenvalue weighted by atomic mass is 16.5. The van der Waals surface area contributed by atoms with Crippen LogP contribution in [0.15, 0.2) is 18.2 Å². The highest BCUT2D eigenvalue weighted by Crippen LogP contribution is 2.29. The Morgan fingerprint density at radius 2 is 2.04 bits per heavy atom. The van der Waals surface area contributed by atoms with Gasteiger partial charge in [-0.25, -0.2) is 0 Å². The summed E-state index contributed by atoms with van der Waals surface area (Å²) >= 11 is 0. The van der Waals surface area contributed by atoms with Crippen molar-refractivity contribution >= 4 is 24.0 Å². The van der Waals surface area contributed by atoms with Crippen LogP contribution in [0.5, 0.6) is 5.75 Å². The first kappa shape index (κ1) is 17.6. The Morgan fingerprint density at radius 1 is 1.33 bits per heavy atom. The molecule has 0 aromatic heterocycles. The van der Waals surface area contributed by atoms with Gasteiger partial charge in [0.05, 0.1) is 11.1 Å². The minimum Gasteiger partial charge on any atom is -0.492 e. The van der Waals surface area contributed by atoms with Crippen LogP contribution in [0.3, 0.4) is 0 Å². The predicted molar refractivity (Wildman–Crippen MR) is 84.6 cm³/mol. The summed E-state index contributed by atoms with van der Waals surface area (Å²) in [7, 11) is 1.41. The molecule has 128 valence electrons. The molecule has 0 aliphatic carbocycles. The zero-order valence-electron chi connectivity index (χ0n) is 13.3. The molecular formula is C16H19N3O5. The molecule has 8 nitrogen and oxygen atoms in total. The second-order valence-corrected chi connectivity index (χ2v) is 5.20. The number of nitrogens with one attached hydrogen (secondary N) is 1. The summed E-state index contributed by atoms with van der Waals surface area (Å²) in [6.45, 7) is 0.603. The molecule has 1 heterocycles. The summed E-state index contributed by atoms with van der Waals surface area (Å²) in [4.78, 5) is 48.7. The normalized spacial score (nSPS) is 14.3. The second kappa shape index (κ2) is 7.69. The standard InChI is InChI=1S/C16H19N3O5/c1-18-14(21)13(3-2-7-20)19-15(22)11-5-4-10(24-8-6-17)9-12(11)16(19)23/h4-5,7,9,13H,2-3,6,8,17H2,1H3,(H,18,21). The van der Waals surface area contributed by atoms with E-state index in [0.29, 0.717) is 18.6 Å². The topological polar surface area (TPSA) is 119 Å². The fraction of sp³-hybridized carbons (Fsp3) is 0.375. The van der Waals surface area contributed by atoms with E-state index in [1.165, 1.54) is 19.2 Å². The lowest BCUT2D eigenvalue weighted by atomic mass is 10.1. The second-order valence-electron chi connectivity index (χ2n) is 5.20. The minimum atomic E-state index is -1.03. The van der Waals surface area contributed by atoms with Crippen LogP contribution in [0.2, 0.25) is 0 Å². The summed E-state index contributed by atoms with van der Waals surface area (Å²) in [5.74, 6) is -1.20. The molecule has 0 radical (unpaired) electrons. The van der Waals surface area contributed by atoms with Gasteiger partial charge < -0.3 is 20.6 Å². The third kappa shape index (κ3) is 3.28. The third-order valence-electron chi connectivity index (χ3n) is 3.69. The zero-order valence-corrected chi connectivity index (χ0v) is 13.3. The van der Waals surface area contributed by atoms with Gasteiger partial charge in [0.15, 0.2) is 0 Å². The SMILES string of the molecule is CNC(=O)C(CCC=O)N1C(=O)c2ccc(OCCN)cc2C1=O. The van der Waals surface area contributed by atoms with E-state index in [4.69, 9.17) is 10.5 Å². The number of hydrogen-bond acceptors (Lipinski definition) is 6. The number of nitrogens with zero attached hydrogens (tertiary/aromatic N) is 1. The van der Waals surface area contributed by atoms with Crippen molar-refractivity contribution in [2.75, 3.05) is 20.2 Å². The Morgan fingerprint density at radius 3 is 2.67 bits per heavy atom. The fourth-order valence-corrected chi connectivity index (χ4v) is 2.56. The molecule has 1 unspecified atom stereocenters. The number of likely N-dealkylation sites (N-methyl/N-ethyl adjacent to an activating group) is 1. The van der Waals surface area contributed by atoms with Crippen molar-refractivity contribution in [1.82, 2.24) is 10.2 Å². The van der Waals surface area contributed by atoms with Crippen LogP contribution < -0.4 is 15.8 Å². The lowest BCUT2D eigenvalue weighted by Crippen LogP contribution is -2.48. The summed E-state index contributed by atoms with van der Waals surface area (Å²) in [6.07, 6.45) is 0.786. The Bertz CT molecular complexity index is 674. The number of carbonyl (C=O) groups is 4. The van der Waals surface area contributed by atoms with Crippen LogP contribution in [0.25, 0.3) is 0 Å². The van der Waals surface area contributed by atoms with E-state index in [9.17, 15) is 19.2 Å². The Balaban J connectivity index is 2.32. The third-order valence-corrected chi connectivity index (χ3v) is 3.69. The molecule has 2 rings (SSSR count). The summed E-state index contributed by atoms with van der Waals surface area (Å²) in [6, 6.07) is 3.50. The largest absolute Gasteiger partial charge is 0.492 e. The highest BCUT2D eigenvalue weighted by Gasteiger charge is 2.42. The first-order valence-electron chi connectivity index (χ1n) is 7.55. The van der Waals surface area contributed by atoms with Crippen molar-refractivity contribution < 1.29 is 23.9 Å². The number of hydrogen-bond donors (Lipinski definition) is 2. The summed E-state index contributed by atoms with van der Waals surface area (Å²) in [5.41, 5.74) is 5.75. The number of rotatable bonds is 8. The van der Waals surface area contributed by atoms with E-state index in [-0.39, 0.29) is 30.6 Å².